The molecule has 3 heterocycles. The zero-order valence-corrected chi connectivity index (χ0v) is 12.3. The summed E-state index contributed by atoms with van der Waals surface area (Å²) in [6.07, 6.45) is 6.93. The van der Waals surface area contributed by atoms with Crippen LogP contribution >= 0.6 is 11.3 Å². The Kier molecular flexibility index (Phi) is 4.15. The summed E-state index contributed by atoms with van der Waals surface area (Å²) < 4.78 is 2.13. The van der Waals surface area contributed by atoms with Crippen LogP contribution in [0.5, 0.6) is 0 Å². The van der Waals surface area contributed by atoms with Gasteiger partial charge in [0.2, 0.25) is 0 Å². The van der Waals surface area contributed by atoms with E-state index in [1.807, 2.05) is 0 Å². The number of likely N-dealkylation sites (tertiary alicyclic amines) is 1. The van der Waals surface area contributed by atoms with Crippen LogP contribution in [0.25, 0.3) is 4.96 Å². The van der Waals surface area contributed by atoms with Gasteiger partial charge in [-0.2, -0.15) is 0 Å². The first-order valence-electron chi connectivity index (χ1n) is 7.19. The molecule has 0 amide bonds. The number of hydrogen-bond acceptors (Lipinski definition) is 4. The minimum atomic E-state index is 0.803. The van der Waals surface area contributed by atoms with Crippen LogP contribution in [0.1, 0.15) is 25.5 Å². The van der Waals surface area contributed by atoms with Gasteiger partial charge in [-0.3, -0.25) is 9.30 Å². The lowest BCUT2D eigenvalue weighted by Crippen LogP contribution is -2.39. The molecule has 0 aromatic carbocycles. The van der Waals surface area contributed by atoms with E-state index in [2.05, 4.69) is 44.3 Å². The van der Waals surface area contributed by atoms with Crippen molar-refractivity contribution in [1.82, 2.24) is 19.6 Å². The molecule has 2 aromatic rings. The van der Waals surface area contributed by atoms with Crippen LogP contribution in [-0.4, -0.2) is 40.5 Å². The number of aromatic nitrogens is 2. The van der Waals surface area contributed by atoms with Crippen molar-refractivity contribution in [3.63, 3.8) is 0 Å². The van der Waals surface area contributed by atoms with E-state index in [1.165, 1.54) is 31.6 Å². The molecule has 1 N–H and O–H groups in total. The van der Waals surface area contributed by atoms with E-state index in [-0.39, 0.29) is 0 Å². The first-order chi connectivity index (χ1) is 9.35. The molecule has 19 heavy (non-hydrogen) atoms. The second kappa shape index (κ2) is 6.03. The molecule has 1 aliphatic rings. The van der Waals surface area contributed by atoms with Gasteiger partial charge in [-0.1, -0.05) is 6.92 Å². The molecule has 1 saturated heterocycles. The highest BCUT2D eigenvalue weighted by Gasteiger charge is 2.20. The smallest absolute Gasteiger partial charge is 0.193 e. The third-order valence-electron chi connectivity index (χ3n) is 3.81. The van der Waals surface area contributed by atoms with Crippen LogP contribution in [0.4, 0.5) is 0 Å². The number of nitrogens with one attached hydrogen (secondary N) is 1. The molecule has 1 fully saturated rings. The Bertz CT molecular complexity index is 490. The van der Waals surface area contributed by atoms with Crippen LogP contribution in [0, 0.1) is 5.92 Å². The zero-order valence-electron chi connectivity index (χ0n) is 11.5. The average molecular weight is 278 g/mol. The van der Waals surface area contributed by atoms with Gasteiger partial charge in [0.25, 0.3) is 0 Å². The van der Waals surface area contributed by atoms with Crippen molar-refractivity contribution >= 4 is 16.3 Å². The summed E-state index contributed by atoms with van der Waals surface area (Å²) in [6.45, 7) is 7.83. The Labute approximate surface area is 118 Å². The lowest BCUT2D eigenvalue weighted by atomic mass is 9.98. The molecule has 1 aliphatic heterocycles. The van der Waals surface area contributed by atoms with Crippen LogP contribution in [0.2, 0.25) is 0 Å². The number of hydrogen-bond donors (Lipinski definition) is 1. The molecule has 3 rings (SSSR count). The maximum atomic E-state index is 4.68. The third kappa shape index (κ3) is 3.16. The highest BCUT2D eigenvalue weighted by atomic mass is 32.1. The van der Waals surface area contributed by atoms with Crippen molar-refractivity contribution in [2.24, 2.45) is 5.92 Å². The van der Waals surface area contributed by atoms with Gasteiger partial charge in [0, 0.05) is 30.9 Å². The summed E-state index contributed by atoms with van der Waals surface area (Å²) in [7, 11) is 0. The average Bonchev–Trinajstić information content (AvgIpc) is 2.97. The predicted molar refractivity (Wildman–Crippen MR) is 79.6 cm³/mol. The van der Waals surface area contributed by atoms with E-state index in [0.717, 1.165) is 30.5 Å². The summed E-state index contributed by atoms with van der Waals surface area (Å²) >= 11 is 1.71. The molecule has 2 aromatic heterocycles. The summed E-state index contributed by atoms with van der Waals surface area (Å²) in [5.41, 5.74) is 1.20. The second-order valence-corrected chi connectivity index (χ2v) is 6.25. The highest BCUT2D eigenvalue weighted by molar-refractivity contribution is 7.15. The predicted octanol–water partition coefficient (Wildman–Crippen LogP) is 2.22. The van der Waals surface area contributed by atoms with Crippen LogP contribution < -0.4 is 5.32 Å². The molecule has 104 valence electrons. The Hall–Kier alpha value is -0.910. The summed E-state index contributed by atoms with van der Waals surface area (Å²) in [5, 5.41) is 5.56. The molecule has 0 spiro atoms. The Balaban J connectivity index is 1.58. The lowest BCUT2D eigenvalue weighted by molar-refractivity contribution is 0.164. The van der Waals surface area contributed by atoms with E-state index < -0.39 is 0 Å². The molecule has 0 saturated carbocycles. The fourth-order valence-corrected chi connectivity index (χ4v) is 3.61. The van der Waals surface area contributed by atoms with Crippen molar-refractivity contribution in [2.45, 2.75) is 26.3 Å². The van der Waals surface area contributed by atoms with Crippen molar-refractivity contribution < 1.29 is 0 Å². The largest absolute Gasteiger partial charge is 0.317 e. The van der Waals surface area contributed by atoms with Crippen LogP contribution in [0.3, 0.4) is 0 Å². The van der Waals surface area contributed by atoms with Gasteiger partial charge in [-0.15, -0.1) is 11.3 Å². The van der Waals surface area contributed by atoms with Gasteiger partial charge in [0.05, 0.1) is 5.69 Å². The topological polar surface area (TPSA) is 32.6 Å². The fourth-order valence-electron chi connectivity index (χ4n) is 2.89. The van der Waals surface area contributed by atoms with E-state index in [0.29, 0.717) is 0 Å². The minimum absolute atomic E-state index is 0.803. The van der Waals surface area contributed by atoms with Gasteiger partial charge in [-0.05, 0) is 38.4 Å². The maximum Gasteiger partial charge on any atom is 0.193 e. The van der Waals surface area contributed by atoms with Crippen LogP contribution in [-0.2, 0) is 6.54 Å². The monoisotopic (exact) mass is 278 g/mol. The molecule has 4 nitrogen and oxygen atoms in total. The zero-order chi connectivity index (χ0) is 13.1. The first kappa shape index (κ1) is 13.1. The van der Waals surface area contributed by atoms with Gasteiger partial charge < -0.3 is 5.32 Å². The number of nitrogens with zero attached hydrogens (tertiary/aromatic N) is 3. The van der Waals surface area contributed by atoms with Crippen molar-refractivity contribution in [3.05, 3.63) is 23.5 Å². The number of fused-ring (bicyclic) bond motifs is 1. The Morgan fingerprint density at radius 3 is 3.32 bits per heavy atom. The molecule has 0 radical (unpaired) electrons. The second-order valence-electron chi connectivity index (χ2n) is 5.38. The van der Waals surface area contributed by atoms with Crippen molar-refractivity contribution in [1.29, 1.82) is 0 Å². The molecular weight excluding hydrogens is 256 g/mol. The number of imidazole rings is 1. The minimum Gasteiger partial charge on any atom is -0.317 e. The van der Waals surface area contributed by atoms with Crippen LogP contribution in [0.15, 0.2) is 17.8 Å². The molecule has 0 bridgehead atoms. The van der Waals surface area contributed by atoms with Gasteiger partial charge in [0.1, 0.15) is 0 Å². The number of rotatable bonds is 5. The van der Waals surface area contributed by atoms with Gasteiger partial charge >= 0.3 is 0 Å². The highest BCUT2D eigenvalue weighted by Crippen LogP contribution is 2.19. The molecule has 1 unspecified atom stereocenters. The third-order valence-corrected chi connectivity index (χ3v) is 4.59. The number of piperidine rings is 1. The molecule has 1 atom stereocenters. The Morgan fingerprint density at radius 2 is 2.47 bits per heavy atom. The number of thiazole rings is 1. The standard InChI is InChI=1S/C14H22N4S/c1-2-15-8-12-4-3-5-17(9-12)10-13-11-18-6-7-19-14(18)16-13/h6-7,11-12,15H,2-5,8-10H2,1H3. The van der Waals surface area contributed by atoms with Crippen molar-refractivity contribution in [2.75, 3.05) is 26.2 Å². The van der Waals surface area contributed by atoms with E-state index >= 15 is 0 Å². The fraction of sp³-hybridized carbons (Fsp3) is 0.643. The quantitative estimate of drug-likeness (QED) is 0.910. The van der Waals surface area contributed by atoms with E-state index in [1.54, 1.807) is 11.3 Å². The van der Waals surface area contributed by atoms with E-state index in [4.69, 9.17) is 0 Å². The Morgan fingerprint density at radius 1 is 1.53 bits per heavy atom. The lowest BCUT2D eigenvalue weighted by Gasteiger charge is -2.32. The summed E-state index contributed by atoms with van der Waals surface area (Å²) in [4.78, 5) is 8.34. The molecule has 0 aliphatic carbocycles. The molecule has 5 heteroatoms. The normalized spacial score (nSPS) is 21.2. The maximum absolute atomic E-state index is 4.68. The van der Waals surface area contributed by atoms with Gasteiger partial charge in [0.15, 0.2) is 4.96 Å². The summed E-state index contributed by atoms with van der Waals surface area (Å²) in [5.74, 6) is 0.803. The van der Waals surface area contributed by atoms with E-state index in [9.17, 15) is 0 Å². The summed E-state index contributed by atoms with van der Waals surface area (Å²) in [6, 6.07) is 0. The first-order valence-corrected chi connectivity index (χ1v) is 8.07. The molecular formula is C14H22N4S. The SMILES string of the molecule is CCNCC1CCCN(Cc2cn3ccsc3n2)C1. The van der Waals surface area contributed by atoms with Gasteiger partial charge in [-0.25, -0.2) is 4.98 Å². The van der Waals surface area contributed by atoms with Crippen molar-refractivity contribution in [3.8, 4) is 0 Å².